The first-order chi connectivity index (χ1) is 14.0. The van der Waals surface area contributed by atoms with Crippen LogP contribution in [0.3, 0.4) is 0 Å². The van der Waals surface area contributed by atoms with Crippen LogP contribution in [-0.2, 0) is 11.2 Å². The molecule has 0 saturated heterocycles. The molecule has 0 aliphatic heterocycles. The first-order valence-corrected chi connectivity index (χ1v) is 9.28. The molecule has 2 aromatic carbocycles. The molecule has 0 fully saturated rings. The van der Waals surface area contributed by atoms with Crippen molar-refractivity contribution in [2.75, 3.05) is 14.2 Å². The molecule has 0 atom stereocenters. The number of ether oxygens (including phenoxy) is 2. The standard InChI is InChI=1S/C20H18BrN3O5/c1-27-16-8-13(14(21)10-17(16)28-2)9-18(25)24-22-11-15-20(26)29-19(23-15)12-6-4-3-5-7-12/h3-8,10-11,26H,9H2,1-2H3,(H,24,25)/b22-11+. The quantitative estimate of drug-likeness (QED) is 0.413. The molecule has 0 unspecified atom stereocenters. The third-order valence-electron chi connectivity index (χ3n) is 3.93. The van der Waals surface area contributed by atoms with E-state index < -0.39 is 0 Å². The first-order valence-electron chi connectivity index (χ1n) is 8.49. The molecule has 0 saturated carbocycles. The van der Waals surface area contributed by atoms with Gasteiger partial charge in [-0.1, -0.05) is 34.1 Å². The van der Waals surface area contributed by atoms with E-state index in [0.717, 1.165) is 0 Å². The van der Waals surface area contributed by atoms with Crippen LogP contribution in [-0.4, -0.2) is 36.4 Å². The predicted molar refractivity (Wildman–Crippen MR) is 110 cm³/mol. The van der Waals surface area contributed by atoms with Gasteiger partial charge in [0.2, 0.25) is 11.8 Å². The zero-order valence-corrected chi connectivity index (χ0v) is 17.3. The number of hydrazone groups is 1. The fraction of sp³-hybridized carbons (Fsp3) is 0.150. The van der Waals surface area contributed by atoms with E-state index in [-0.39, 0.29) is 29.9 Å². The Kier molecular flexibility index (Phi) is 6.50. The summed E-state index contributed by atoms with van der Waals surface area (Å²) in [5.41, 5.74) is 3.91. The zero-order valence-electron chi connectivity index (χ0n) is 15.7. The third-order valence-corrected chi connectivity index (χ3v) is 4.67. The van der Waals surface area contributed by atoms with Crippen LogP contribution in [0.15, 0.2) is 56.5 Å². The summed E-state index contributed by atoms with van der Waals surface area (Å²) in [5.74, 6) is 0.579. The number of methoxy groups -OCH3 is 2. The minimum Gasteiger partial charge on any atom is -0.493 e. The lowest BCUT2D eigenvalue weighted by atomic mass is 10.1. The topological polar surface area (TPSA) is 106 Å². The van der Waals surface area contributed by atoms with Gasteiger partial charge in [-0.15, -0.1) is 0 Å². The summed E-state index contributed by atoms with van der Waals surface area (Å²) >= 11 is 3.41. The van der Waals surface area contributed by atoms with Crippen molar-refractivity contribution < 1.29 is 23.8 Å². The molecule has 0 aliphatic carbocycles. The molecule has 9 heteroatoms. The number of carbonyl (C=O) groups excluding carboxylic acids is 1. The maximum Gasteiger partial charge on any atom is 0.312 e. The van der Waals surface area contributed by atoms with Gasteiger partial charge in [0.1, 0.15) is 0 Å². The Morgan fingerprint density at radius 1 is 1.24 bits per heavy atom. The van der Waals surface area contributed by atoms with Crippen LogP contribution in [0.5, 0.6) is 17.4 Å². The lowest BCUT2D eigenvalue weighted by Gasteiger charge is -2.11. The highest BCUT2D eigenvalue weighted by molar-refractivity contribution is 9.10. The summed E-state index contributed by atoms with van der Waals surface area (Å²) in [6.45, 7) is 0. The molecular weight excluding hydrogens is 442 g/mol. The number of carbonyl (C=O) groups is 1. The number of rotatable bonds is 7. The Balaban J connectivity index is 1.66. The van der Waals surface area contributed by atoms with Crippen molar-refractivity contribution in [2.24, 2.45) is 5.10 Å². The Hall–Kier alpha value is -3.33. The largest absolute Gasteiger partial charge is 0.493 e. The van der Waals surface area contributed by atoms with E-state index in [1.54, 1.807) is 24.3 Å². The molecule has 3 rings (SSSR count). The number of halogens is 1. The molecule has 150 valence electrons. The van der Waals surface area contributed by atoms with Gasteiger partial charge in [-0.3, -0.25) is 4.79 Å². The van der Waals surface area contributed by atoms with E-state index in [0.29, 0.717) is 27.1 Å². The monoisotopic (exact) mass is 459 g/mol. The summed E-state index contributed by atoms with van der Waals surface area (Å²) in [7, 11) is 3.06. The van der Waals surface area contributed by atoms with Gasteiger partial charge in [0.05, 0.1) is 26.9 Å². The highest BCUT2D eigenvalue weighted by Crippen LogP contribution is 2.33. The van der Waals surface area contributed by atoms with E-state index in [1.165, 1.54) is 20.4 Å². The normalized spacial score (nSPS) is 10.9. The van der Waals surface area contributed by atoms with E-state index >= 15 is 0 Å². The van der Waals surface area contributed by atoms with Crippen molar-refractivity contribution in [2.45, 2.75) is 6.42 Å². The minimum atomic E-state index is -0.385. The third kappa shape index (κ3) is 4.94. The summed E-state index contributed by atoms with van der Waals surface area (Å²) in [6.07, 6.45) is 1.27. The maximum atomic E-state index is 12.2. The summed E-state index contributed by atoms with van der Waals surface area (Å²) in [6, 6.07) is 12.6. The van der Waals surface area contributed by atoms with E-state index in [4.69, 9.17) is 13.9 Å². The second-order valence-corrected chi connectivity index (χ2v) is 6.70. The van der Waals surface area contributed by atoms with Gasteiger partial charge in [0.25, 0.3) is 0 Å². The van der Waals surface area contributed by atoms with E-state index in [1.807, 2.05) is 18.2 Å². The van der Waals surface area contributed by atoms with Crippen molar-refractivity contribution >= 4 is 28.1 Å². The average Bonchev–Trinajstić information content (AvgIpc) is 3.10. The highest BCUT2D eigenvalue weighted by Gasteiger charge is 2.14. The summed E-state index contributed by atoms with van der Waals surface area (Å²) in [5, 5.41) is 13.7. The van der Waals surface area contributed by atoms with E-state index in [9.17, 15) is 9.90 Å². The van der Waals surface area contributed by atoms with Gasteiger partial charge in [-0.05, 0) is 29.8 Å². The van der Waals surface area contributed by atoms with Crippen LogP contribution in [0.4, 0.5) is 0 Å². The minimum absolute atomic E-state index is 0.0539. The van der Waals surface area contributed by atoms with Crippen LogP contribution in [0.25, 0.3) is 11.5 Å². The predicted octanol–water partition coefficient (Wildman–Crippen LogP) is 3.52. The van der Waals surface area contributed by atoms with Crippen molar-refractivity contribution in [1.29, 1.82) is 0 Å². The number of amides is 1. The number of hydrogen-bond acceptors (Lipinski definition) is 7. The van der Waals surface area contributed by atoms with Gasteiger partial charge in [-0.25, -0.2) is 10.4 Å². The molecule has 2 N–H and O–H groups in total. The smallest absolute Gasteiger partial charge is 0.312 e. The fourth-order valence-electron chi connectivity index (χ4n) is 2.52. The second-order valence-electron chi connectivity index (χ2n) is 5.84. The molecule has 0 bridgehead atoms. The Bertz CT molecular complexity index is 1030. The van der Waals surface area contributed by atoms with Crippen molar-refractivity contribution in [3.05, 3.63) is 58.2 Å². The van der Waals surface area contributed by atoms with Crippen molar-refractivity contribution in [1.82, 2.24) is 10.4 Å². The summed E-state index contributed by atoms with van der Waals surface area (Å²) in [4.78, 5) is 16.4. The number of benzene rings is 2. The average molecular weight is 460 g/mol. The number of nitrogens with zero attached hydrogens (tertiary/aromatic N) is 2. The molecule has 8 nitrogen and oxygen atoms in total. The molecule has 1 aromatic heterocycles. The Morgan fingerprint density at radius 2 is 1.93 bits per heavy atom. The second kappa shape index (κ2) is 9.24. The van der Waals surface area contributed by atoms with Crippen LogP contribution in [0.2, 0.25) is 0 Å². The van der Waals surface area contributed by atoms with Crippen LogP contribution < -0.4 is 14.9 Å². The summed E-state index contributed by atoms with van der Waals surface area (Å²) < 4.78 is 16.4. The lowest BCUT2D eigenvalue weighted by molar-refractivity contribution is -0.120. The number of hydrogen-bond donors (Lipinski definition) is 2. The molecule has 1 heterocycles. The molecule has 0 spiro atoms. The van der Waals surface area contributed by atoms with Gasteiger partial charge in [-0.2, -0.15) is 5.10 Å². The van der Waals surface area contributed by atoms with Crippen LogP contribution >= 0.6 is 15.9 Å². The highest BCUT2D eigenvalue weighted by atomic mass is 79.9. The van der Waals surface area contributed by atoms with Gasteiger partial charge in [0, 0.05) is 10.0 Å². The molecule has 1 amide bonds. The number of aromatic nitrogens is 1. The van der Waals surface area contributed by atoms with Gasteiger partial charge in [0.15, 0.2) is 17.2 Å². The number of nitrogens with one attached hydrogen (secondary N) is 1. The van der Waals surface area contributed by atoms with Gasteiger partial charge < -0.3 is 19.0 Å². The van der Waals surface area contributed by atoms with Crippen molar-refractivity contribution in [3.63, 3.8) is 0 Å². The lowest BCUT2D eigenvalue weighted by Crippen LogP contribution is -2.20. The van der Waals surface area contributed by atoms with Crippen LogP contribution in [0, 0.1) is 0 Å². The van der Waals surface area contributed by atoms with E-state index in [2.05, 4.69) is 31.4 Å². The molecule has 0 radical (unpaired) electrons. The first kappa shape index (κ1) is 20.4. The molecule has 3 aromatic rings. The Labute approximate surface area is 175 Å². The van der Waals surface area contributed by atoms with Crippen molar-refractivity contribution in [3.8, 4) is 28.9 Å². The molecular formula is C20H18BrN3O5. The number of aromatic hydroxyl groups is 1. The van der Waals surface area contributed by atoms with Crippen LogP contribution in [0.1, 0.15) is 11.3 Å². The number of oxazole rings is 1. The molecule has 0 aliphatic rings. The fourth-order valence-corrected chi connectivity index (χ4v) is 2.98. The zero-order chi connectivity index (χ0) is 20.8. The maximum absolute atomic E-state index is 12.2. The SMILES string of the molecule is COc1cc(Br)c(CC(=O)N/N=C/c2nc(-c3ccccc3)oc2O)cc1OC. The van der Waals surface area contributed by atoms with Gasteiger partial charge >= 0.3 is 5.95 Å². The molecule has 29 heavy (non-hydrogen) atoms. The Morgan fingerprint density at radius 3 is 2.62 bits per heavy atom.